The van der Waals surface area contributed by atoms with Crippen LogP contribution in [0.3, 0.4) is 0 Å². The van der Waals surface area contributed by atoms with E-state index in [0.717, 1.165) is 17.2 Å². The third kappa shape index (κ3) is 5.76. The van der Waals surface area contributed by atoms with Crippen molar-refractivity contribution in [2.45, 2.75) is 32.4 Å². The monoisotopic (exact) mass is 423 g/mol. The van der Waals surface area contributed by atoms with Gasteiger partial charge in [0.15, 0.2) is 0 Å². The molecular formula is C26H27F2NO2. The zero-order valence-corrected chi connectivity index (χ0v) is 17.5. The van der Waals surface area contributed by atoms with Gasteiger partial charge in [0.25, 0.3) is 0 Å². The fraction of sp³-hybridized carbons (Fsp3) is 0.269. The number of aliphatic hydroxyl groups is 1. The van der Waals surface area contributed by atoms with Crippen LogP contribution in [0.15, 0.2) is 78.9 Å². The minimum absolute atomic E-state index is 0.166. The van der Waals surface area contributed by atoms with Gasteiger partial charge in [-0.3, -0.25) is 4.79 Å². The molecule has 1 unspecified atom stereocenters. The Bertz CT molecular complexity index is 979. The third-order valence-electron chi connectivity index (χ3n) is 5.54. The first-order valence-corrected chi connectivity index (χ1v) is 10.5. The van der Waals surface area contributed by atoms with Crippen LogP contribution >= 0.6 is 0 Å². The van der Waals surface area contributed by atoms with Crippen molar-refractivity contribution in [2.75, 3.05) is 6.61 Å². The summed E-state index contributed by atoms with van der Waals surface area (Å²) in [4.78, 5) is 15.3. The van der Waals surface area contributed by atoms with Crippen LogP contribution in [0.2, 0.25) is 0 Å². The Balaban J connectivity index is 1.92. The van der Waals surface area contributed by atoms with Gasteiger partial charge in [0.1, 0.15) is 11.6 Å². The summed E-state index contributed by atoms with van der Waals surface area (Å²) in [7, 11) is 0. The zero-order chi connectivity index (χ0) is 22.2. The van der Waals surface area contributed by atoms with Crippen molar-refractivity contribution in [2.24, 2.45) is 5.92 Å². The molecule has 2 atom stereocenters. The smallest absolute Gasteiger partial charge is 0.226 e. The van der Waals surface area contributed by atoms with Gasteiger partial charge < -0.3 is 10.0 Å². The van der Waals surface area contributed by atoms with Crippen LogP contribution in [0.4, 0.5) is 8.78 Å². The van der Waals surface area contributed by atoms with Crippen LogP contribution in [0, 0.1) is 17.6 Å². The minimum atomic E-state index is -0.650. The maximum Gasteiger partial charge on any atom is 0.226 e. The third-order valence-corrected chi connectivity index (χ3v) is 5.54. The molecule has 0 aliphatic heterocycles. The Morgan fingerprint density at radius 2 is 1.61 bits per heavy atom. The summed E-state index contributed by atoms with van der Waals surface area (Å²) < 4.78 is 27.5. The SMILES string of the molecule is CCC(Cc1ccc(F)cc1F)C(=O)N(Cc1ccccc1)[C@@H](CO)c1ccccc1. The van der Waals surface area contributed by atoms with Crippen molar-refractivity contribution in [1.29, 1.82) is 0 Å². The maximum absolute atomic E-state index is 14.2. The largest absolute Gasteiger partial charge is 0.394 e. The molecule has 0 heterocycles. The Labute approximate surface area is 182 Å². The lowest BCUT2D eigenvalue weighted by Crippen LogP contribution is -2.40. The maximum atomic E-state index is 14.2. The van der Waals surface area contributed by atoms with E-state index in [0.29, 0.717) is 18.5 Å². The molecule has 0 spiro atoms. The fourth-order valence-corrected chi connectivity index (χ4v) is 3.77. The molecule has 0 radical (unpaired) electrons. The summed E-state index contributed by atoms with van der Waals surface area (Å²) >= 11 is 0. The summed E-state index contributed by atoms with van der Waals surface area (Å²) in [5.74, 6) is -1.96. The minimum Gasteiger partial charge on any atom is -0.394 e. The lowest BCUT2D eigenvalue weighted by atomic mass is 9.93. The van der Waals surface area contributed by atoms with E-state index in [1.165, 1.54) is 12.1 Å². The highest BCUT2D eigenvalue weighted by atomic mass is 19.1. The topological polar surface area (TPSA) is 40.5 Å². The number of amides is 1. The number of nitrogens with zero attached hydrogens (tertiary/aromatic N) is 1. The van der Waals surface area contributed by atoms with E-state index in [4.69, 9.17) is 0 Å². The van der Waals surface area contributed by atoms with Gasteiger partial charge in [0.2, 0.25) is 5.91 Å². The molecule has 5 heteroatoms. The average Bonchev–Trinajstić information content (AvgIpc) is 2.79. The van der Waals surface area contributed by atoms with Crippen molar-refractivity contribution in [3.05, 3.63) is 107 Å². The second-order valence-corrected chi connectivity index (χ2v) is 7.61. The molecular weight excluding hydrogens is 396 g/mol. The Morgan fingerprint density at radius 3 is 2.19 bits per heavy atom. The Hall–Kier alpha value is -3.05. The molecule has 3 nitrogen and oxygen atoms in total. The number of halogens is 2. The van der Waals surface area contributed by atoms with Crippen LogP contribution in [0.1, 0.15) is 36.1 Å². The predicted molar refractivity (Wildman–Crippen MR) is 117 cm³/mol. The molecule has 162 valence electrons. The van der Waals surface area contributed by atoms with Gasteiger partial charge in [0, 0.05) is 18.5 Å². The Morgan fingerprint density at radius 1 is 0.968 bits per heavy atom. The van der Waals surface area contributed by atoms with Gasteiger partial charge in [-0.1, -0.05) is 73.7 Å². The number of aliphatic hydroxyl groups excluding tert-OH is 1. The highest BCUT2D eigenvalue weighted by molar-refractivity contribution is 5.79. The number of carbonyl (C=O) groups excluding carboxylic acids is 1. The van der Waals surface area contributed by atoms with Gasteiger partial charge in [-0.15, -0.1) is 0 Å². The standard InChI is InChI=1S/C26H27F2NO2/c1-2-20(15-22-13-14-23(27)16-24(22)28)26(31)29(17-19-9-5-3-6-10-19)25(18-30)21-11-7-4-8-12-21/h3-14,16,20,25,30H,2,15,17-18H2,1H3/t20?,25-/m0/s1. The lowest BCUT2D eigenvalue weighted by molar-refractivity contribution is -0.140. The normalized spacial score (nSPS) is 12.9. The van der Waals surface area contributed by atoms with Crippen molar-refractivity contribution < 1.29 is 18.7 Å². The van der Waals surface area contributed by atoms with Crippen LogP contribution in [-0.4, -0.2) is 22.5 Å². The second-order valence-electron chi connectivity index (χ2n) is 7.61. The summed E-state index contributed by atoms with van der Waals surface area (Å²) in [6.45, 7) is 1.97. The van der Waals surface area contributed by atoms with Crippen LogP contribution in [0.5, 0.6) is 0 Å². The molecule has 0 aliphatic carbocycles. The molecule has 3 aromatic carbocycles. The summed E-state index contributed by atoms with van der Waals surface area (Å²) in [6.07, 6.45) is 0.660. The van der Waals surface area contributed by atoms with E-state index in [1.807, 2.05) is 67.6 Å². The van der Waals surface area contributed by atoms with Gasteiger partial charge in [-0.05, 0) is 35.6 Å². The van der Waals surface area contributed by atoms with Crippen molar-refractivity contribution >= 4 is 5.91 Å². The molecule has 0 aliphatic rings. The molecule has 1 N–H and O–H groups in total. The molecule has 0 bridgehead atoms. The Kier molecular flexibility index (Phi) is 7.90. The summed E-state index contributed by atoms with van der Waals surface area (Å²) in [5.41, 5.74) is 2.08. The van der Waals surface area contributed by atoms with E-state index in [2.05, 4.69) is 0 Å². The quantitative estimate of drug-likeness (QED) is 0.508. The first-order valence-electron chi connectivity index (χ1n) is 10.5. The first-order chi connectivity index (χ1) is 15.0. The van der Waals surface area contributed by atoms with Gasteiger partial charge >= 0.3 is 0 Å². The summed E-state index contributed by atoms with van der Waals surface area (Å²) in [6, 6.07) is 21.9. The van der Waals surface area contributed by atoms with E-state index in [-0.39, 0.29) is 18.9 Å². The number of rotatable bonds is 9. The second kappa shape index (κ2) is 10.8. The molecule has 31 heavy (non-hydrogen) atoms. The van der Waals surface area contributed by atoms with E-state index >= 15 is 0 Å². The summed E-state index contributed by atoms with van der Waals surface area (Å²) in [5, 5.41) is 10.2. The van der Waals surface area contributed by atoms with E-state index in [1.54, 1.807) is 4.90 Å². The van der Waals surface area contributed by atoms with Gasteiger partial charge in [-0.25, -0.2) is 8.78 Å². The number of benzene rings is 3. The number of hydrogen-bond acceptors (Lipinski definition) is 2. The van der Waals surface area contributed by atoms with Gasteiger partial charge in [-0.2, -0.15) is 0 Å². The number of carbonyl (C=O) groups is 1. The average molecular weight is 424 g/mol. The lowest BCUT2D eigenvalue weighted by Gasteiger charge is -2.34. The molecule has 0 fully saturated rings. The van der Waals surface area contributed by atoms with E-state index < -0.39 is 23.6 Å². The van der Waals surface area contributed by atoms with E-state index in [9.17, 15) is 18.7 Å². The van der Waals surface area contributed by atoms with Crippen LogP contribution in [-0.2, 0) is 17.8 Å². The molecule has 0 aromatic heterocycles. The molecule has 3 rings (SSSR count). The highest BCUT2D eigenvalue weighted by Gasteiger charge is 2.30. The fourth-order valence-electron chi connectivity index (χ4n) is 3.77. The zero-order valence-electron chi connectivity index (χ0n) is 17.5. The molecule has 3 aromatic rings. The first kappa shape index (κ1) is 22.6. The van der Waals surface area contributed by atoms with Crippen molar-refractivity contribution in [1.82, 2.24) is 4.90 Å². The van der Waals surface area contributed by atoms with Crippen molar-refractivity contribution in [3.63, 3.8) is 0 Å². The highest BCUT2D eigenvalue weighted by Crippen LogP contribution is 2.27. The molecule has 1 amide bonds. The molecule has 0 saturated heterocycles. The van der Waals surface area contributed by atoms with Crippen LogP contribution < -0.4 is 0 Å². The van der Waals surface area contributed by atoms with Crippen molar-refractivity contribution in [3.8, 4) is 0 Å². The van der Waals surface area contributed by atoms with Gasteiger partial charge in [0.05, 0.1) is 12.6 Å². The predicted octanol–water partition coefficient (Wildman–Crippen LogP) is 5.30. The van der Waals surface area contributed by atoms with Crippen LogP contribution in [0.25, 0.3) is 0 Å². The number of hydrogen-bond donors (Lipinski definition) is 1. The molecule has 0 saturated carbocycles.